The Bertz CT molecular complexity index is 515. The minimum Gasteiger partial charge on any atom is -0.254 e. The first-order chi connectivity index (χ1) is 8.08. The lowest BCUT2D eigenvalue weighted by Crippen LogP contribution is -2.31. The molecule has 98 valence electrons. The predicted molar refractivity (Wildman–Crippen MR) is 46.8 cm³/mol. The SMILES string of the molecule is FC(F)(F)c1cnc(C2(C(F)(F)F)N=N2)c(Cl)c1. The second-order valence-corrected chi connectivity index (χ2v) is 3.83. The van der Waals surface area contributed by atoms with Crippen molar-refractivity contribution < 1.29 is 26.3 Å². The maximum Gasteiger partial charge on any atom is 0.443 e. The Morgan fingerprint density at radius 2 is 1.61 bits per heavy atom. The highest BCUT2D eigenvalue weighted by molar-refractivity contribution is 6.31. The van der Waals surface area contributed by atoms with Gasteiger partial charge in [0.25, 0.3) is 0 Å². The molecule has 3 nitrogen and oxygen atoms in total. The number of alkyl halides is 6. The lowest BCUT2D eigenvalue weighted by atomic mass is 10.1. The van der Waals surface area contributed by atoms with Crippen LogP contribution in [0.2, 0.25) is 5.02 Å². The molecular formula is C8H2ClF6N3. The summed E-state index contributed by atoms with van der Waals surface area (Å²) < 4.78 is 74.6. The zero-order chi connectivity index (χ0) is 13.8. The molecule has 1 aromatic rings. The van der Waals surface area contributed by atoms with Crippen molar-refractivity contribution in [2.24, 2.45) is 10.2 Å². The fourth-order valence-corrected chi connectivity index (χ4v) is 1.54. The predicted octanol–water partition coefficient (Wildman–Crippen LogP) is 3.93. The Kier molecular flexibility index (Phi) is 2.58. The van der Waals surface area contributed by atoms with Crippen molar-refractivity contribution in [2.45, 2.75) is 18.0 Å². The van der Waals surface area contributed by atoms with E-state index < -0.39 is 34.3 Å². The summed E-state index contributed by atoms with van der Waals surface area (Å²) in [4.78, 5) is 3.09. The molecule has 2 rings (SSSR count). The molecule has 0 spiro atoms. The van der Waals surface area contributed by atoms with Gasteiger partial charge >= 0.3 is 18.0 Å². The van der Waals surface area contributed by atoms with E-state index in [-0.39, 0.29) is 6.20 Å². The molecule has 0 aromatic carbocycles. The molecule has 2 heterocycles. The fourth-order valence-electron chi connectivity index (χ4n) is 1.24. The average Bonchev–Trinajstić information content (AvgIpc) is 2.95. The first-order valence-electron chi connectivity index (χ1n) is 4.32. The minimum absolute atomic E-state index is 0.262. The Labute approximate surface area is 100 Å². The summed E-state index contributed by atoms with van der Waals surface area (Å²) in [6.07, 6.45) is -9.36. The van der Waals surface area contributed by atoms with Gasteiger partial charge in [-0.3, -0.25) is 4.98 Å². The Morgan fingerprint density at radius 1 is 1.06 bits per heavy atom. The van der Waals surface area contributed by atoms with Crippen LogP contribution >= 0.6 is 11.6 Å². The second kappa shape index (κ2) is 3.56. The molecule has 0 unspecified atom stereocenters. The van der Waals surface area contributed by atoms with Gasteiger partial charge in [-0.25, -0.2) is 0 Å². The second-order valence-electron chi connectivity index (χ2n) is 3.42. The largest absolute Gasteiger partial charge is 0.443 e. The molecule has 1 aliphatic rings. The van der Waals surface area contributed by atoms with Gasteiger partial charge in [0, 0.05) is 6.20 Å². The van der Waals surface area contributed by atoms with Gasteiger partial charge in [-0.15, -0.1) is 10.2 Å². The van der Waals surface area contributed by atoms with E-state index in [1.807, 2.05) is 0 Å². The number of hydrogen-bond donors (Lipinski definition) is 0. The van der Waals surface area contributed by atoms with E-state index in [9.17, 15) is 26.3 Å². The van der Waals surface area contributed by atoms with E-state index in [2.05, 4.69) is 15.2 Å². The molecule has 0 bridgehead atoms. The Morgan fingerprint density at radius 3 is 1.94 bits per heavy atom. The lowest BCUT2D eigenvalue weighted by molar-refractivity contribution is -0.167. The summed E-state index contributed by atoms with van der Waals surface area (Å²) in [7, 11) is 0. The minimum atomic E-state index is -4.89. The topological polar surface area (TPSA) is 37.6 Å². The van der Waals surface area contributed by atoms with Gasteiger partial charge in [0.05, 0.1) is 10.6 Å². The van der Waals surface area contributed by atoms with E-state index in [0.29, 0.717) is 6.07 Å². The zero-order valence-electron chi connectivity index (χ0n) is 8.14. The highest BCUT2D eigenvalue weighted by atomic mass is 35.5. The number of pyridine rings is 1. The average molecular weight is 290 g/mol. The van der Waals surface area contributed by atoms with Crippen molar-refractivity contribution in [3.63, 3.8) is 0 Å². The van der Waals surface area contributed by atoms with Crippen molar-refractivity contribution in [1.82, 2.24) is 4.98 Å². The first-order valence-corrected chi connectivity index (χ1v) is 4.70. The van der Waals surface area contributed by atoms with Gasteiger partial charge in [0.1, 0.15) is 5.69 Å². The van der Waals surface area contributed by atoms with E-state index in [4.69, 9.17) is 11.6 Å². The molecule has 1 aliphatic heterocycles. The van der Waals surface area contributed by atoms with Gasteiger partial charge in [0.15, 0.2) is 0 Å². The van der Waals surface area contributed by atoms with Crippen LogP contribution in [0, 0.1) is 0 Å². The van der Waals surface area contributed by atoms with Crippen LogP contribution in [-0.4, -0.2) is 11.2 Å². The van der Waals surface area contributed by atoms with E-state index in [1.54, 1.807) is 0 Å². The van der Waals surface area contributed by atoms with Crippen molar-refractivity contribution in [1.29, 1.82) is 0 Å². The number of rotatable bonds is 1. The molecule has 0 saturated carbocycles. The van der Waals surface area contributed by atoms with Crippen molar-refractivity contribution in [3.8, 4) is 0 Å². The van der Waals surface area contributed by atoms with Gasteiger partial charge in [-0.1, -0.05) is 11.6 Å². The maximum absolute atomic E-state index is 12.6. The van der Waals surface area contributed by atoms with Crippen LogP contribution in [0.15, 0.2) is 22.5 Å². The highest BCUT2D eigenvalue weighted by Gasteiger charge is 2.67. The summed E-state index contributed by atoms with van der Waals surface area (Å²) in [5, 5.41) is 4.81. The molecule has 0 radical (unpaired) electrons. The molecule has 1 aromatic heterocycles. The lowest BCUT2D eigenvalue weighted by Gasteiger charge is -2.16. The van der Waals surface area contributed by atoms with Gasteiger partial charge < -0.3 is 0 Å². The van der Waals surface area contributed by atoms with E-state index in [1.165, 1.54) is 0 Å². The molecule has 18 heavy (non-hydrogen) atoms. The third-order valence-electron chi connectivity index (χ3n) is 2.19. The van der Waals surface area contributed by atoms with Crippen molar-refractivity contribution in [3.05, 3.63) is 28.5 Å². The number of aromatic nitrogens is 1. The summed E-state index contributed by atoms with van der Waals surface area (Å²) in [6.45, 7) is 0. The van der Waals surface area contributed by atoms with Crippen LogP contribution in [-0.2, 0) is 11.8 Å². The summed E-state index contributed by atoms with van der Waals surface area (Å²) in [6, 6.07) is 0.362. The molecule has 0 N–H and O–H groups in total. The molecule has 0 atom stereocenters. The monoisotopic (exact) mass is 289 g/mol. The number of hydrogen-bond acceptors (Lipinski definition) is 3. The number of nitrogens with zero attached hydrogens (tertiary/aromatic N) is 3. The van der Waals surface area contributed by atoms with E-state index >= 15 is 0 Å². The summed E-state index contributed by atoms with van der Waals surface area (Å²) >= 11 is 5.38. The van der Waals surface area contributed by atoms with Gasteiger partial charge in [-0.05, 0) is 6.07 Å². The third-order valence-corrected chi connectivity index (χ3v) is 2.48. The van der Waals surface area contributed by atoms with Crippen LogP contribution in [0.1, 0.15) is 11.3 Å². The summed E-state index contributed by atoms with van der Waals surface area (Å²) in [5.41, 5.74) is -5.02. The van der Waals surface area contributed by atoms with Gasteiger partial charge in [-0.2, -0.15) is 26.3 Å². The molecule has 0 amide bonds. The van der Waals surface area contributed by atoms with Gasteiger partial charge in [0.2, 0.25) is 0 Å². The molecule has 10 heteroatoms. The quantitative estimate of drug-likeness (QED) is 0.722. The van der Waals surface area contributed by atoms with Crippen LogP contribution in [0.3, 0.4) is 0 Å². The number of halogens is 7. The van der Waals surface area contributed by atoms with Crippen molar-refractivity contribution in [2.75, 3.05) is 0 Å². The van der Waals surface area contributed by atoms with Crippen LogP contribution in [0.4, 0.5) is 26.3 Å². The molecule has 0 aliphatic carbocycles. The maximum atomic E-state index is 12.6. The fraction of sp³-hybridized carbons (Fsp3) is 0.375. The highest BCUT2D eigenvalue weighted by Crippen LogP contribution is 2.53. The third kappa shape index (κ3) is 1.92. The first kappa shape index (κ1) is 13.1. The smallest absolute Gasteiger partial charge is 0.254 e. The van der Waals surface area contributed by atoms with E-state index in [0.717, 1.165) is 0 Å². The van der Waals surface area contributed by atoms with Crippen LogP contribution in [0.5, 0.6) is 0 Å². The molecular weight excluding hydrogens is 288 g/mol. The zero-order valence-corrected chi connectivity index (χ0v) is 8.90. The Balaban J connectivity index is 2.44. The van der Waals surface area contributed by atoms with Crippen molar-refractivity contribution >= 4 is 11.6 Å². The Hall–Kier alpha value is -1.38. The normalized spacial score (nSPS) is 17.9. The molecule has 0 saturated heterocycles. The van der Waals surface area contributed by atoms with Crippen LogP contribution in [0.25, 0.3) is 0 Å². The summed E-state index contributed by atoms with van der Waals surface area (Å²) in [5.74, 6) is 0. The standard InChI is InChI=1S/C8H2ClF6N3/c9-4-1-3(7(10,11)12)2-16-5(4)6(17-18-6)8(13,14)15/h1-2H. The molecule has 0 fully saturated rings. The van der Waals surface area contributed by atoms with Crippen LogP contribution < -0.4 is 0 Å².